The minimum Gasteiger partial charge on any atom is -0.491 e. The van der Waals surface area contributed by atoms with Crippen molar-refractivity contribution in [2.45, 2.75) is 46.0 Å². The fraction of sp³-hybridized carbons (Fsp3) is 0.250. The Hall–Kier alpha value is -5.31. The lowest BCUT2D eigenvalue weighted by molar-refractivity contribution is 0.260. The number of allylic oxidation sites excluding steroid dienone is 4. The molecule has 0 saturated heterocycles. The SMILES string of the molecule is Cc1ccc(-n2nc(C(C)(C)C)cc2NC(=O)Nc2ccc(OCCN3C=COC(C4=CC=CCC4)=C3)c3ccccc23)cn1. The van der Waals surface area contributed by atoms with Crippen molar-refractivity contribution in [3.8, 4) is 11.4 Å². The number of fused-ring (bicyclic) bond motifs is 1. The topological polar surface area (TPSA) is 93.5 Å². The Bertz CT molecular complexity index is 1830. The van der Waals surface area contributed by atoms with Gasteiger partial charge in [0.25, 0.3) is 0 Å². The average molecular weight is 603 g/mol. The first-order chi connectivity index (χ1) is 21.7. The van der Waals surface area contributed by atoms with E-state index in [4.69, 9.17) is 14.6 Å². The zero-order chi connectivity index (χ0) is 31.4. The standard InChI is InChI=1S/C36H38N6O3/c1-25-14-15-27(23-37-25)42-34(22-33(40-42)36(2,3)4)39-35(43)38-30-16-17-31(29-13-9-8-12-28(29)30)44-20-18-41-19-21-45-32(24-41)26-10-6-5-7-11-26/h5-6,8-10,12-17,19,21-24H,7,11,18,20H2,1-4H3,(H2,38,39,43). The van der Waals surface area contributed by atoms with Crippen molar-refractivity contribution in [1.82, 2.24) is 19.7 Å². The summed E-state index contributed by atoms with van der Waals surface area (Å²) in [5.41, 5.74) is 4.19. The van der Waals surface area contributed by atoms with E-state index in [1.807, 2.05) is 73.9 Å². The molecule has 2 aromatic carbocycles. The first kappa shape index (κ1) is 29.7. The maximum Gasteiger partial charge on any atom is 0.324 e. The first-order valence-electron chi connectivity index (χ1n) is 15.2. The summed E-state index contributed by atoms with van der Waals surface area (Å²) in [4.78, 5) is 19.8. The van der Waals surface area contributed by atoms with E-state index in [1.54, 1.807) is 17.1 Å². The second kappa shape index (κ2) is 12.7. The van der Waals surface area contributed by atoms with E-state index in [9.17, 15) is 4.79 Å². The van der Waals surface area contributed by atoms with Crippen molar-refractivity contribution in [1.29, 1.82) is 0 Å². The molecule has 0 unspecified atom stereocenters. The lowest BCUT2D eigenvalue weighted by atomic mass is 9.92. The quantitative estimate of drug-likeness (QED) is 0.212. The van der Waals surface area contributed by atoms with E-state index < -0.39 is 0 Å². The van der Waals surface area contributed by atoms with Crippen LogP contribution in [0.3, 0.4) is 0 Å². The number of rotatable bonds is 8. The number of urea groups is 1. The number of ether oxygens (including phenoxy) is 2. The van der Waals surface area contributed by atoms with Gasteiger partial charge in [-0.1, -0.05) is 63.3 Å². The van der Waals surface area contributed by atoms with Crippen molar-refractivity contribution in [3.05, 3.63) is 120 Å². The van der Waals surface area contributed by atoms with E-state index in [-0.39, 0.29) is 11.4 Å². The number of nitrogens with zero attached hydrogens (tertiary/aromatic N) is 4. The Morgan fingerprint density at radius 3 is 2.67 bits per heavy atom. The van der Waals surface area contributed by atoms with Gasteiger partial charge < -0.3 is 19.7 Å². The van der Waals surface area contributed by atoms with Crippen LogP contribution >= 0.6 is 0 Å². The summed E-state index contributed by atoms with van der Waals surface area (Å²) >= 11 is 0. The lowest BCUT2D eigenvalue weighted by Crippen LogP contribution is -2.22. The number of amides is 2. The van der Waals surface area contributed by atoms with Gasteiger partial charge in [0.2, 0.25) is 0 Å². The molecule has 1 aliphatic heterocycles. The van der Waals surface area contributed by atoms with Crippen LogP contribution in [0.1, 0.15) is 45.0 Å². The van der Waals surface area contributed by atoms with Crippen LogP contribution in [-0.2, 0) is 10.2 Å². The molecule has 4 aromatic rings. The minimum absolute atomic E-state index is 0.205. The average Bonchev–Trinajstić information content (AvgIpc) is 3.47. The van der Waals surface area contributed by atoms with Gasteiger partial charge >= 0.3 is 6.03 Å². The Morgan fingerprint density at radius 2 is 1.91 bits per heavy atom. The van der Waals surface area contributed by atoms with Crippen LogP contribution in [0.2, 0.25) is 0 Å². The molecule has 0 atom stereocenters. The molecule has 2 aliphatic rings. The zero-order valence-corrected chi connectivity index (χ0v) is 26.1. The number of carbonyl (C=O) groups excluding carboxylic acids is 1. The molecule has 2 amide bonds. The molecular weight excluding hydrogens is 564 g/mol. The predicted molar refractivity (Wildman–Crippen MR) is 178 cm³/mol. The molecule has 9 heteroatoms. The number of anilines is 2. The van der Waals surface area contributed by atoms with Gasteiger partial charge in [0.1, 0.15) is 30.2 Å². The maximum absolute atomic E-state index is 13.3. The molecule has 0 bridgehead atoms. The number of hydrogen-bond donors (Lipinski definition) is 2. The van der Waals surface area contributed by atoms with Crippen molar-refractivity contribution in [3.63, 3.8) is 0 Å². The highest BCUT2D eigenvalue weighted by Crippen LogP contribution is 2.32. The van der Waals surface area contributed by atoms with Crippen LogP contribution in [0.25, 0.3) is 16.5 Å². The van der Waals surface area contributed by atoms with Crippen molar-refractivity contribution in [2.75, 3.05) is 23.8 Å². The zero-order valence-electron chi connectivity index (χ0n) is 26.1. The van der Waals surface area contributed by atoms with E-state index in [1.165, 1.54) is 5.57 Å². The number of nitrogens with one attached hydrogen (secondary N) is 2. The number of benzene rings is 2. The van der Waals surface area contributed by atoms with Gasteiger partial charge in [-0.05, 0) is 49.6 Å². The number of aromatic nitrogens is 3. The second-order valence-corrected chi connectivity index (χ2v) is 12.1. The van der Waals surface area contributed by atoms with Crippen molar-refractivity contribution < 1.29 is 14.3 Å². The summed E-state index contributed by atoms with van der Waals surface area (Å²) in [5.74, 6) is 2.17. The molecular formula is C36H38N6O3. The molecule has 0 fully saturated rings. The second-order valence-electron chi connectivity index (χ2n) is 12.1. The molecule has 1 aliphatic carbocycles. The van der Waals surface area contributed by atoms with Crippen LogP contribution in [0.15, 0.2) is 109 Å². The highest BCUT2D eigenvalue weighted by molar-refractivity contribution is 6.07. The molecule has 3 heterocycles. The Labute approximate surface area is 263 Å². The number of carbonyl (C=O) groups is 1. The molecule has 0 radical (unpaired) electrons. The molecule has 2 N–H and O–H groups in total. The molecule has 45 heavy (non-hydrogen) atoms. The van der Waals surface area contributed by atoms with E-state index in [0.717, 1.165) is 52.2 Å². The molecule has 0 saturated carbocycles. The van der Waals surface area contributed by atoms with Crippen LogP contribution < -0.4 is 15.4 Å². The number of aryl methyl sites for hydroxylation is 1. The minimum atomic E-state index is -0.374. The molecule has 0 spiro atoms. The summed E-state index contributed by atoms with van der Waals surface area (Å²) in [5, 5.41) is 12.6. The van der Waals surface area contributed by atoms with Gasteiger partial charge in [0.15, 0.2) is 0 Å². The fourth-order valence-electron chi connectivity index (χ4n) is 5.17. The van der Waals surface area contributed by atoms with Crippen LogP contribution in [0, 0.1) is 6.92 Å². The smallest absolute Gasteiger partial charge is 0.324 e. The Morgan fingerprint density at radius 1 is 1.07 bits per heavy atom. The van der Waals surface area contributed by atoms with Gasteiger partial charge in [0.05, 0.1) is 29.8 Å². The summed E-state index contributed by atoms with van der Waals surface area (Å²) in [6, 6.07) is 17.0. The largest absolute Gasteiger partial charge is 0.491 e. The molecule has 230 valence electrons. The monoisotopic (exact) mass is 602 g/mol. The number of pyridine rings is 1. The summed E-state index contributed by atoms with van der Waals surface area (Å²) < 4.78 is 13.7. The van der Waals surface area contributed by atoms with E-state index in [2.05, 4.69) is 59.5 Å². The van der Waals surface area contributed by atoms with Crippen molar-refractivity contribution in [2.24, 2.45) is 0 Å². The van der Waals surface area contributed by atoms with Gasteiger partial charge in [-0.25, -0.2) is 9.48 Å². The third-order valence-corrected chi connectivity index (χ3v) is 7.66. The summed E-state index contributed by atoms with van der Waals surface area (Å²) in [6.07, 6.45) is 15.7. The normalized spacial score (nSPS) is 14.5. The first-order valence-corrected chi connectivity index (χ1v) is 15.2. The van der Waals surface area contributed by atoms with Crippen LogP contribution in [0.4, 0.5) is 16.3 Å². The third-order valence-electron chi connectivity index (χ3n) is 7.66. The van der Waals surface area contributed by atoms with Crippen LogP contribution in [-0.4, -0.2) is 38.8 Å². The summed E-state index contributed by atoms with van der Waals surface area (Å²) in [6.45, 7) is 9.33. The lowest BCUT2D eigenvalue weighted by Gasteiger charge is -2.23. The van der Waals surface area contributed by atoms with Gasteiger partial charge in [-0.2, -0.15) is 5.10 Å². The van der Waals surface area contributed by atoms with E-state index >= 15 is 0 Å². The van der Waals surface area contributed by atoms with E-state index in [0.29, 0.717) is 24.7 Å². The van der Waals surface area contributed by atoms with Gasteiger partial charge in [0, 0.05) is 40.3 Å². The molecule has 6 rings (SSSR count). The predicted octanol–water partition coefficient (Wildman–Crippen LogP) is 7.97. The third kappa shape index (κ3) is 6.93. The Balaban J connectivity index is 1.15. The highest BCUT2D eigenvalue weighted by atomic mass is 16.5. The summed E-state index contributed by atoms with van der Waals surface area (Å²) in [7, 11) is 0. The van der Waals surface area contributed by atoms with Crippen LogP contribution in [0.5, 0.6) is 5.75 Å². The molecule has 2 aromatic heterocycles. The van der Waals surface area contributed by atoms with Crippen molar-refractivity contribution >= 4 is 28.3 Å². The van der Waals surface area contributed by atoms with Gasteiger partial charge in [-0.15, -0.1) is 0 Å². The number of hydrogen-bond acceptors (Lipinski definition) is 6. The van der Waals surface area contributed by atoms with Gasteiger partial charge in [-0.3, -0.25) is 10.3 Å². The maximum atomic E-state index is 13.3. The Kier molecular flexibility index (Phi) is 8.42. The molecule has 9 nitrogen and oxygen atoms in total. The highest BCUT2D eigenvalue weighted by Gasteiger charge is 2.22. The fourth-order valence-corrected chi connectivity index (χ4v) is 5.17.